The minimum Gasteiger partial charge on any atom is -0.379 e. The number of aryl methyl sites for hydroxylation is 2. The molecule has 0 radical (unpaired) electrons. The predicted octanol–water partition coefficient (Wildman–Crippen LogP) is 2.15. The number of rotatable bonds is 7. The van der Waals surface area contributed by atoms with Crippen molar-refractivity contribution in [2.24, 2.45) is 0 Å². The van der Waals surface area contributed by atoms with Crippen molar-refractivity contribution in [3.05, 3.63) is 47.4 Å². The lowest BCUT2D eigenvalue weighted by Gasteiger charge is -2.26. The third-order valence-corrected chi connectivity index (χ3v) is 4.55. The summed E-state index contributed by atoms with van der Waals surface area (Å²) in [7, 11) is 0. The lowest BCUT2D eigenvalue weighted by Crippen LogP contribution is -2.41. The van der Waals surface area contributed by atoms with Gasteiger partial charge in [0.1, 0.15) is 17.3 Å². The van der Waals surface area contributed by atoms with Crippen LogP contribution < -0.4 is 10.6 Å². The summed E-state index contributed by atoms with van der Waals surface area (Å²) in [6.45, 7) is 8.64. The van der Waals surface area contributed by atoms with Crippen molar-refractivity contribution in [3.63, 3.8) is 0 Å². The number of anilines is 2. The minimum atomic E-state index is -0.180. The molecule has 1 aliphatic rings. The monoisotopic (exact) mass is 369 g/mol. The van der Waals surface area contributed by atoms with Crippen molar-refractivity contribution in [2.45, 2.75) is 20.3 Å². The number of morpholine rings is 1. The number of nitrogens with one attached hydrogen (secondary N) is 2. The minimum absolute atomic E-state index is 0.180. The molecular weight excluding hydrogens is 342 g/mol. The molecule has 1 aromatic carbocycles. The van der Waals surface area contributed by atoms with E-state index in [0.29, 0.717) is 23.9 Å². The number of hydrogen-bond donors (Lipinski definition) is 2. The van der Waals surface area contributed by atoms with Crippen LogP contribution in [0.25, 0.3) is 0 Å². The van der Waals surface area contributed by atoms with Crippen LogP contribution in [0.4, 0.5) is 11.5 Å². The molecule has 27 heavy (non-hydrogen) atoms. The highest BCUT2D eigenvalue weighted by Gasteiger charge is 2.13. The smallest absolute Gasteiger partial charge is 0.270 e. The quantitative estimate of drug-likeness (QED) is 0.779. The molecule has 0 saturated carbocycles. The summed E-state index contributed by atoms with van der Waals surface area (Å²) in [6, 6.07) is 9.79. The van der Waals surface area contributed by atoms with Crippen molar-refractivity contribution in [1.29, 1.82) is 0 Å². The maximum Gasteiger partial charge on any atom is 0.270 e. The van der Waals surface area contributed by atoms with Gasteiger partial charge in [-0.1, -0.05) is 25.1 Å². The Hall–Kier alpha value is -2.51. The zero-order chi connectivity index (χ0) is 19.1. The molecule has 1 saturated heterocycles. The second-order valence-electron chi connectivity index (χ2n) is 6.53. The van der Waals surface area contributed by atoms with E-state index in [1.54, 1.807) is 13.0 Å². The molecule has 2 aromatic rings. The molecule has 3 rings (SSSR count). The van der Waals surface area contributed by atoms with Crippen LogP contribution >= 0.6 is 0 Å². The molecule has 0 spiro atoms. The van der Waals surface area contributed by atoms with Crippen molar-refractivity contribution < 1.29 is 9.53 Å². The largest absolute Gasteiger partial charge is 0.379 e. The topological polar surface area (TPSA) is 79.4 Å². The van der Waals surface area contributed by atoms with Crippen LogP contribution in [0.1, 0.15) is 28.8 Å². The number of benzene rings is 1. The first-order valence-electron chi connectivity index (χ1n) is 9.44. The fraction of sp³-hybridized carbons (Fsp3) is 0.450. The van der Waals surface area contributed by atoms with Crippen LogP contribution in [0, 0.1) is 6.92 Å². The number of carbonyl (C=O) groups is 1. The van der Waals surface area contributed by atoms with Crippen molar-refractivity contribution >= 4 is 17.4 Å². The molecule has 0 atom stereocenters. The molecule has 2 heterocycles. The van der Waals surface area contributed by atoms with E-state index >= 15 is 0 Å². The number of amides is 1. The van der Waals surface area contributed by atoms with Crippen LogP contribution in [-0.4, -0.2) is 60.2 Å². The molecule has 144 valence electrons. The van der Waals surface area contributed by atoms with Gasteiger partial charge in [0.25, 0.3) is 5.91 Å². The van der Waals surface area contributed by atoms with Crippen molar-refractivity contribution in [1.82, 2.24) is 20.2 Å². The van der Waals surface area contributed by atoms with E-state index in [2.05, 4.69) is 38.5 Å². The van der Waals surface area contributed by atoms with Gasteiger partial charge in [0.05, 0.1) is 13.2 Å². The van der Waals surface area contributed by atoms with E-state index in [1.807, 2.05) is 18.2 Å². The van der Waals surface area contributed by atoms with Crippen LogP contribution in [0.5, 0.6) is 0 Å². The molecule has 1 aliphatic heterocycles. The number of hydrogen-bond acceptors (Lipinski definition) is 6. The van der Waals surface area contributed by atoms with Crippen LogP contribution in [0.15, 0.2) is 30.3 Å². The Morgan fingerprint density at radius 2 is 2.00 bits per heavy atom. The zero-order valence-electron chi connectivity index (χ0n) is 16.0. The first-order chi connectivity index (χ1) is 13.2. The summed E-state index contributed by atoms with van der Waals surface area (Å²) in [5, 5.41) is 6.26. The number of para-hydroxylation sites is 1. The lowest BCUT2D eigenvalue weighted by atomic mass is 10.1. The molecule has 0 bridgehead atoms. The first kappa shape index (κ1) is 19.3. The van der Waals surface area contributed by atoms with E-state index in [1.165, 1.54) is 5.56 Å². The predicted molar refractivity (Wildman–Crippen MR) is 105 cm³/mol. The number of nitrogens with zero attached hydrogens (tertiary/aromatic N) is 3. The number of ether oxygens (including phenoxy) is 1. The van der Waals surface area contributed by atoms with Crippen LogP contribution in [0.2, 0.25) is 0 Å². The van der Waals surface area contributed by atoms with Crippen molar-refractivity contribution in [3.8, 4) is 0 Å². The highest BCUT2D eigenvalue weighted by molar-refractivity contribution is 5.93. The molecule has 7 nitrogen and oxygen atoms in total. The summed E-state index contributed by atoms with van der Waals surface area (Å²) in [5.41, 5.74) is 2.57. The first-order valence-corrected chi connectivity index (χ1v) is 9.44. The third kappa shape index (κ3) is 5.48. The fourth-order valence-electron chi connectivity index (χ4n) is 3.08. The maximum absolute atomic E-state index is 12.5. The molecule has 1 aromatic heterocycles. The summed E-state index contributed by atoms with van der Waals surface area (Å²) >= 11 is 0. The Labute approximate surface area is 160 Å². The zero-order valence-corrected chi connectivity index (χ0v) is 16.0. The maximum atomic E-state index is 12.5. The van der Waals surface area contributed by atoms with Crippen LogP contribution in [-0.2, 0) is 11.2 Å². The van der Waals surface area contributed by atoms with Gasteiger partial charge in [0, 0.05) is 37.9 Å². The molecule has 2 N–H and O–H groups in total. The van der Waals surface area contributed by atoms with Gasteiger partial charge < -0.3 is 15.4 Å². The van der Waals surface area contributed by atoms with Gasteiger partial charge in [-0.25, -0.2) is 9.97 Å². The van der Waals surface area contributed by atoms with Gasteiger partial charge in [-0.05, 0) is 25.0 Å². The molecule has 7 heteroatoms. The Morgan fingerprint density at radius 1 is 1.22 bits per heavy atom. The van der Waals surface area contributed by atoms with E-state index in [4.69, 9.17) is 4.74 Å². The Balaban J connectivity index is 1.62. The van der Waals surface area contributed by atoms with Gasteiger partial charge in [0.2, 0.25) is 0 Å². The van der Waals surface area contributed by atoms with Gasteiger partial charge in [-0.2, -0.15) is 0 Å². The summed E-state index contributed by atoms with van der Waals surface area (Å²) < 4.78 is 5.34. The van der Waals surface area contributed by atoms with E-state index in [9.17, 15) is 4.79 Å². The Morgan fingerprint density at radius 3 is 2.78 bits per heavy atom. The van der Waals surface area contributed by atoms with E-state index in [-0.39, 0.29) is 5.91 Å². The van der Waals surface area contributed by atoms with Gasteiger partial charge in [0.15, 0.2) is 0 Å². The number of carbonyl (C=O) groups excluding carboxylic acids is 1. The number of aromatic nitrogens is 2. The third-order valence-electron chi connectivity index (χ3n) is 4.55. The molecule has 0 aliphatic carbocycles. The Bertz CT molecular complexity index is 775. The van der Waals surface area contributed by atoms with Crippen molar-refractivity contribution in [2.75, 3.05) is 44.7 Å². The lowest BCUT2D eigenvalue weighted by molar-refractivity contribution is 0.0383. The van der Waals surface area contributed by atoms with Gasteiger partial charge >= 0.3 is 0 Å². The normalized spacial score (nSPS) is 14.7. The molecular formula is C20H27N5O2. The summed E-state index contributed by atoms with van der Waals surface area (Å²) in [4.78, 5) is 23.5. The standard InChI is InChI=1S/C20H27N5O2/c1-3-16-6-4-5-7-17(16)24-19-14-18(22-15(2)23-19)20(26)21-8-9-25-10-12-27-13-11-25/h4-7,14H,3,8-13H2,1-2H3,(H,21,26)(H,22,23,24). The van der Waals surface area contributed by atoms with Crippen LogP contribution in [0.3, 0.4) is 0 Å². The van der Waals surface area contributed by atoms with E-state index < -0.39 is 0 Å². The SMILES string of the molecule is CCc1ccccc1Nc1cc(C(=O)NCCN2CCOCC2)nc(C)n1. The second kappa shape index (κ2) is 9.43. The average Bonchev–Trinajstić information content (AvgIpc) is 2.68. The fourth-order valence-corrected chi connectivity index (χ4v) is 3.08. The van der Waals surface area contributed by atoms with E-state index in [0.717, 1.165) is 45.0 Å². The molecule has 1 fully saturated rings. The summed E-state index contributed by atoms with van der Waals surface area (Å²) in [6.07, 6.45) is 0.919. The molecule has 0 unspecified atom stereocenters. The average molecular weight is 369 g/mol. The Kier molecular flexibility index (Phi) is 6.73. The summed E-state index contributed by atoms with van der Waals surface area (Å²) in [5.74, 6) is 1.01. The van der Waals surface area contributed by atoms with Gasteiger partial charge in [-0.3, -0.25) is 9.69 Å². The second-order valence-corrected chi connectivity index (χ2v) is 6.53. The molecule has 1 amide bonds. The highest BCUT2D eigenvalue weighted by Crippen LogP contribution is 2.20. The highest BCUT2D eigenvalue weighted by atomic mass is 16.5. The van der Waals surface area contributed by atoms with Gasteiger partial charge in [-0.15, -0.1) is 0 Å².